The number of phenolic OH excluding ortho intramolecular Hbond substituents is 1. The third kappa shape index (κ3) is 9.25. The van der Waals surface area contributed by atoms with Crippen LogP contribution in [-0.4, -0.2) is 5.11 Å². The van der Waals surface area contributed by atoms with Crippen molar-refractivity contribution in [1.29, 1.82) is 0 Å². The molecule has 7 heteroatoms. The topological polar surface area (TPSA) is 34.3 Å². The van der Waals surface area contributed by atoms with E-state index in [0.717, 1.165) is 16.8 Å². The van der Waals surface area contributed by atoms with E-state index in [1.165, 1.54) is 21.5 Å². The summed E-state index contributed by atoms with van der Waals surface area (Å²) < 4.78 is 0. The Kier molecular flexibility index (Phi) is 12.0. The third-order valence-corrected chi connectivity index (χ3v) is 9.36. The molecule has 0 fully saturated rings. The average Bonchev–Trinajstić information content (AvgIpc) is 2.88. The molecule has 4 aromatic carbocycles. The molecule has 0 saturated carbocycles. The molecule has 0 aliphatic carbocycles. The number of nitrogens with zero attached hydrogens (tertiary/aromatic N) is 1. The van der Waals surface area contributed by atoms with Gasteiger partial charge in [-0.15, -0.1) is 6.54 Å². The molecule has 2 nitrogen and oxygen atoms in total. The molecule has 0 saturated heterocycles. The molecule has 0 unspecified atom stereocenters. The van der Waals surface area contributed by atoms with Crippen LogP contribution in [0.5, 0.6) is 5.75 Å². The van der Waals surface area contributed by atoms with Crippen LogP contribution in [0.2, 0.25) is 0 Å². The second-order valence-electron chi connectivity index (χ2n) is 11.7. The monoisotopic (exact) mass is 648 g/mol. The number of hydrogen-bond acceptors (Lipinski definition) is 1. The molecule has 0 aliphatic heterocycles. The molecule has 0 aromatic heterocycles. The summed E-state index contributed by atoms with van der Waals surface area (Å²) in [6.07, 6.45) is 0. The zero-order valence-corrected chi connectivity index (χ0v) is 28.8. The van der Waals surface area contributed by atoms with Crippen LogP contribution in [-0.2, 0) is 32.1 Å². The molecule has 1 N–H and O–H groups in total. The van der Waals surface area contributed by atoms with Crippen molar-refractivity contribution in [3.8, 4) is 5.75 Å². The van der Waals surface area contributed by atoms with Crippen molar-refractivity contribution in [2.45, 2.75) is 58.9 Å². The first kappa shape index (κ1) is 33.0. The van der Waals surface area contributed by atoms with Crippen molar-refractivity contribution in [1.82, 2.24) is 0 Å². The van der Waals surface area contributed by atoms with Gasteiger partial charge >= 0.3 is 42.6 Å². The van der Waals surface area contributed by atoms with Crippen LogP contribution in [0.25, 0.3) is 5.32 Å². The normalized spacial score (nSPS) is 11.6. The minimum absolute atomic E-state index is 0.0167. The van der Waals surface area contributed by atoms with Crippen molar-refractivity contribution in [2.75, 3.05) is 0 Å². The predicted molar refractivity (Wildman–Crippen MR) is 176 cm³/mol. The van der Waals surface area contributed by atoms with E-state index >= 15 is 0 Å². The Labute approximate surface area is 259 Å². The fourth-order valence-electron chi connectivity index (χ4n) is 4.50. The van der Waals surface area contributed by atoms with Gasteiger partial charge in [-0.3, -0.25) is 0 Å². The molecule has 40 heavy (non-hydrogen) atoms. The average molecular weight is 650 g/mol. The first-order chi connectivity index (χ1) is 18.8. The van der Waals surface area contributed by atoms with E-state index in [-0.39, 0.29) is 10.8 Å². The van der Waals surface area contributed by atoms with E-state index in [1.54, 1.807) is 0 Å². The standard InChI is InChI=1S/C33H37NOP.3ClH.Ti/c1-32(2,3)25-21-24(31(35)28(22-25)33(4,5)6)23-34-29-19-13-14-20-30(29)36(26-15-9-7-10-16-26)27-17-11-8-12-18-27;;;;/h7-22,35H,23H2,1-6H3;3*1H;/q-1;;;;+4/p-2. The van der Waals surface area contributed by atoms with E-state index in [9.17, 15) is 5.11 Å². The van der Waals surface area contributed by atoms with Crippen molar-refractivity contribution in [2.24, 2.45) is 0 Å². The Morgan fingerprint density at radius 1 is 0.700 bits per heavy atom. The van der Waals surface area contributed by atoms with Gasteiger partial charge in [0.05, 0.1) is 13.2 Å². The second-order valence-corrected chi connectivity index (χ2v) is 21.9. The van der Waals surface area contributed by atoms with Crippen LogP contribution < -0.4 is 15.9 Å². The van der Waals surface area contributed by atoms with Gasteiger partial charge in [-0.1, -0.05) is 114 Å². The quantitative estimate of drug-likeness (QED) is 0.164. The number of halogens is 3. The summed E-state index contributed by atoms with van der Waals surface area (Å²) >= 11 is -1.92. The molecule has 4 aromatic rings. The number of hydrogen-bond donors (Lipinski definition) is 1. The summed E-state index contributed by atoms with van der Waals surface area (Å²) in [6.45, 7) is 13.6. The fraction of sp³-hybridized carbons (Fsp3) is 0.273. The summed E-state index contributed by atoms with van der Waals surface area (Å²) in [5, 5.41) is 20.3. The van der Waals surface area contributed by atoms with Crippen LogP contribution in [0.1, 0.15) is 58.2 Å². The van der Waals surface area contributed by atoms with Gasteiger partial charge in [0.2, 0.25) is 0 Å². The Morgan fingerprint density at radius 3 is 1.65 bits per heavy atom. The molecule has 0 spiro atoms. The minimum atomic E-state index is -1.92. The van der Waals surface area contributed by atoms with Crippen molar-refractivity contribution in [3.05, 3.63) is 119 Å². The van der Waals surface area contributed by atoms with Crippen molar-refractivity contribution < 1.29 is 19.8 Å². The van der Waals surface area contributed by atoms with Gasteiger partial charge in [0.25, 0.3) is 0 Å². The summed E-state index contributed by atoms with van der Waals surface area (Å²) in [5.41, 5.74) is 3.91. The summed E-state index contributed by atoms with van der Waals surface area (Å²) in [6, 6.07) is 34.3. The zero-order valence-electron chi connectivity index (χ0n) is 24.0. The Bertz CT molecular complexity index is 1330. The van der Waals surface area contributed by atoms with E-state index in [0.29, 0.717) is 12.3 Å². The van der Waals surface area contributed by atoms with E-state index < -0.39 is 22.6 Å². The molecule has 0 amide bonds. The van der Waals surface area contributed by atoms with Crippen molar-refractivity contribution >= 4 is 57.4 Å². The van der Waals surface area contributed by atoms with Gasteiger partial charge in [-0.2, -0.15) is 0 Å². The van der Waals surface area contributed by atoms with Gasteiger partial charge in [0.15, 0.2) is 0 Å². The van der Waals surface area contributed by atoms with Gasteiger partial charge in [0.1, 0.15) is 16.4 Å². The third-order valence-electron chi connectivity index (χ3n) is 6.58. The number of aromatic hydroxyl groups is 1. The molecule has 0 radical (unpaired) electrons. The molecular formula is C33H38Cl3NOPTi+. The number of phenols is 1. The first-order valence-electron chi connectivity index (χ1n) is 13.2. The van der Waals surface area contributed by atoms with Gasteiger partial charge in [0, 0.05) is 0 Å². The number of rotatable bonds is 6. The number of benzene rings is 4. The first-order valence-corrected chi connectivity index (χ1v) is 21.2. The molecule has 0 aliphatic rings. The van der Waals surface area contributed by atoms with Gasteiger partial charge in [-0.05, 0) is 57.9 Å². The second kappa shape index (κ2) is 14.6. The summed E-state index contributed by atoms with van der Waals surface area (Å²) in [4.78, 5) is 0. The van der Waals surface area contributed by atoms with E-state index in [4.69, 9.17) is 33.2 Å². The molecule has 0 bridgehead atoms. The van der Waals surface area contributed by atoms with Crippen LogP contribution in [0, 0.1) is 0 Å². The molecular weight excluding hydrogens is 612 g/mol. The Hall–Kier alpha value is -1.51. The van der Waals surface area contributed by atoms with Crippen LogP contribution in [0.15, 0.2) is 97.1 Å². The molecule has 210 valence electrons. The van der Waals surface area contributed by atoms with E-state index in [1.807, 2.05) is 0 Å². The summed E-state index contributed by atoms with van der Waals surface area (Å²) in [7, 11) is 13.7. The van der Waals surface area contributed by atoms with E-state index in [2.05, 4.69) is 139 Å². The van der Waals surface area contributed by atoms with Crippen LogP contribution >= 0.6 is 35.8 Å². The molecule has 4 rings (SSSR count). The van der Waals surface area contributed by atoms with Crippen molar-refractivity contribution in [3.63, 3.8) is 0 Å². The van der Waals surface area contributed by atoms with Gasteiger partial charge < -0.3 is 10.4 Å². The predicted octanol–water partition coefficient (Wildman–Crippen LogP) is 9.75. The van der Waals surface area contributed by atoms with Crippen LogP contribution in [0.4, 0.5) is 5.69 Å². The maximum atomic E-state index is 11.3. The molecule has 0 atom stereocenters. The molecule has 0 heterocycles. The Morgan fingerprint density at radius 2 is 1.18 bits per heavy atom. The maximum absolute atomic E-state index is 11.3. The zero-order chi connectivity index (χ0) is 29.5. The fourth-order valence-corrected chi connectivity index (χ4v) is 7.19. The SMILES string of the molecule is CC(C)(C)c1cc(C[N-]c2ccccc2[PH+](c2ccccc2)c2ccccc2)c(O)c(C(C)(C)C)c1.[Cl][Ti+]([Cl])[Cl]. The number of para-hydroxylation sites is 1. The Balaban J connectivity index is 0.00000103. The van der Waals surface area contributed by atoms with Gasteiger partial charge in [-0.25, -0.2) is 0 Å². The van der Waals surface area contributed by atoms with Crippen LogP contribution in [0.3, 0.4) is 0 Å². The summed E-state index contributed by atoms with van der Waals surface area (Å²) in [5.74, 6) is 0.369.